The van der Waals surface area contributed by atoms with Gasteiger partial charge in [-0.05, 0) is 35.7 Å². The number of rotatable bonds is 7. The number of nitrogens with zero attached hydrogens (tertiary/aromatic N) is 1. The van der Waals surface area contributed by atoms with Gasteiger partial charge in [0, 0.05) is 16.7 Å². The molecule has 0 bridgehead atoms. The molecule has 3 heteroatoms. The molecule has 0 saturated heterocycles. The van der Waals surface area contributed by atoms with Crippen molar-refractivity contribution in [2.24, 2.45) is 0 Å². The second-order valence-electron chi connectivity index (χ2n) is 9.32. The van der Waals surface area contributed by atoms with Gasteiger partial charge in [-0.25, -0.2) is 0 Å². The van der Waals surface area contributed by atoms with E-state index in [1.54, 1.807) is 21.8 Å². The van der Waals surface area contributed by atoms with E-state index in [9.17, 15) is 0 Å². The highest BCUT2D eigenvalue weighted by Crippen LogP contribution is 2.23. The van der Waals surface area contributed by atoms with E-state index >= 15 is 0 Å². The topological polar surface area (TPSA) is 4.93 Å². The fraction of sp³-hybridized carbons (Fsp3) is 0.545. The van der Waals surface area contributed by atoms with Crippen molar-refractivity contribution < 1.29 is 0 Å². The van der Waals surface area contributed by atoms with Gasteiger partial charge in [0.25, 0.3) is 0 Å². The molecule has 1 nitrogen and oxygen atoms in total. The summed E-state index contributed by atoms with van der Waals surface area (Å²) in [4.78, 5) is 0. The maximum absolute atomic E-state index is 2.69. The van der Waals surface area contributed by atoms with Crippen molar-refractivity contribution in [3.05, 3.63) is 41.6 Å². The summed E-state index contributed by atoms with van der Waals surface area (Å²) in [5.74, 6) is 0. The Labute approximate surface area is 157 Å². The molecule has 0 aliphatic heterocycles. The highest BCUT2D eigenvalue weighted by molar-refractivity contribution is 6.92. The maximum Gasteiger partial charge on any atom is 0.0993 e. The summed E-state index contributed by atoms with van der Waals surface area (Å²) < 4.78 is 2.69. The lowest BCUT2D eigenvalue weighted by Crippen LogP contribution is -2.47. The third-order valence-electron chi connectivity index (χ3n) is 4.83. The lowest BCUT2D eigenvalue weighted by Gasteiger charge is -2.24. The second-order valence-corrected chi connectivity index (χ2v) is 19.3. The molecule has 0 aliphatic carbocycles. The van der Waals surface area contributed by atoms with Gasteiger partial charge in [0.1, 0.15) is 0 Å². The SMILES string of the molecule is CCCc1c([Si](C)(C)C)c(CCC)n(-c2ccccc2)c1[Si](C)(C)C. The minimum absolute atomic E-state index is 1.19. The Balaban J connectivity index is 2.97. The highest BCUT2D eigenvalue weighted by Gasteiger charge is 2.35. The van der Waals surface area contributed by atoms with E-state index in [4.69, 9.17) is 0 Å². The average Bonchev–Trinajstić information content (AvgIpc) is 2.83. The molecular weight excluding hydrogens is 334 g/mol. The molecule has 138 valence electrons. The fourth-order valence-corrected chi connectivity index (χ4v) is 8.64. The molecule has 1 heterocycles. The van der Waals surface area contributed by atoms with Crippen molar-refractivity contribution in [2.75, 3.05) is 0 Å². The number of aromatic nitrogens is 1. The van der Waals surface area contributed by atoms with E-state index in [1.807, 2.05) is 0 Å². The first-order chi connectivity index (χ1) is 11.6. The Bertz CT molecular complexity index is 700. The number of hydrogen-bond acceptors (Lipinski definition) is 0. The molecular formula is C22H37NSi2. The summed E-state index contributed by atoms with van der Waals surface area (Å²) >= 11 is 0. The Morgan fingerprint density at radius 2 is 1.32 bits per heavy atom. The molecule has 0 spiro atoms. The molecule has 25 heavy (non-hydrogen) atoms. The van der Waals surface area contributed by atoms with Gasteiger partial charge in [-0.1, -0.05) is 84.2 Å². The van der Waals surface area contributed by atoms with Crippen LogP contribution in [-0.2, 0) is 12.8 Å². The highest BCUT2D eigenvalue weighted by atomic mass is 28.3. The van der Waals surface area contributed by atoms with Crippen LogP contribution in [0.1, 0.15) is 37.9 Å². The van der Waals surface area contributed by atoms with E-state index in [-0.39, 0.29) is 0 Å². The predicted octanol–water partition coefficient (Wildman–Crippen LogP) is 5.47. The largest absolute Gasteiger partial charge is 0.322 e. The van der Waals surface area contributed by atoms with E-state index < -0.39 is 16.1 Å². The molecule has 0 aliphatic rings. The smallest absolute Gasteiger partial charge is 0.0993 e. The molecule has 2 aromatic rings. The molecule has 0 unspecified atom stereocenters. The van der Waals surface area contributed by atoms with Crippen molar-refractivity contribution in [1.29, 1.82) is 0 Å². The van der Waals surface area contributed by atoms with Crippen LogP contribution in [-0.4, -0.2) is 20.7 Å². The van der Waals surface area contributed by atoms with Gasteiger partial charge < -0.3 is 4.57 Å². The van der Waals surface area contributed by atoms with Crippen LogP contribution in [0.15, 0.2) is 30.3 Å². The zero-order valence-corrected chi connectivity index (χ0v) is 19.7. The van der Waals surface area contributed by atoms with E-state index in [0.717, 1.165) is 0 Å². The van der Waals surface area contributed by atoms with E-state index in [2.05, 4.69) is 88.0 Å². The van der Waals surface area contributed by atoms with Gasteiger partial charge in [0.2, 0.25) is 0 Å². The van der Waals surface area contributed by atoms with Gasteiger partial charge in [-0.15, -0.1) is 0 Å². The average molecular weight is 372 g/mol. The molecule has 0 saturated carbocycles. The van der Waals surface area contributed by atoms with Gasteiger partial charge in [0.15, 0.2) is 0 Å². The Morgan fingerprint density at radius 1 is 0.760 bits per heavy atom. The summed E-state index contributed by atoms with van der Waals surface area (Å²) in [6, 6.07) is 11.1. The quantitative estimate of drug-likeness (QED) is 0.568. The zero-order valence-electron chi connectivity index (χ0n) is 17.7. The summed E-state index contributed by atoms with van der Waals surface area (Å²) in [6.07, 6.45) is 4.87. The molecule has 1 aromatic heterocycles. The van der Waals surface area contributed by atoms with Crippen LogP contribution >= 0.6 is 0 Å². The molecule has 0 fully saturated rings. The van der Waals surface area contributed by atoms with Gasteiger partial charge in [0.05, 0.1) is 16.1 Å². The molecule has 2 rings (SSSR count). The summed E-state index contributed by atoms with van der Waals surface area (Å²) in [6.45, 7) is 19.8. The van der Waals surface area contributed by atoms with Gasteiger partial charge >= 0.3 is 0 Å². The van der Waals surface area contributed by atoms with Crippen LogP contribution in [0.4, 0.5) is 0 Å². The number of hydrogen-bond donors (Lipinski definition) is 0. The van der Waals surface area contributed by atoms with Crippen molar-refractivity contribution in [2.45, 2.75) is 78.8 Å². The van der Waals surface area contributed by atoms with Crippen LogP contribution in [0.2, 0.25) is 39.3 Å². The molecule has 1 aromatic carbocycles. The van der Waals surface area contributed by atoms with Crippen molar-refractivity contribution in [3.8, 4) is 5.69 Å². The van der Waals surface area contributed by atoms with E-state index in [0.29, 0.717) is 0 Å². The van der Waals surface area contributed by atoms with Crippen LogP contribution in [0, 0.1) is 0 Å². The zero-order chi connectivity index (χ0) is 18.8. The lowest BCUT2D eigenvalue weighted by molar-refractivity contribution is 0.854. The Morgan fingerprint density at radius 3 is 1.76 bits per heavy atom. The molecule has 0 amide bonds. The molecule has 0 N–H and O–H groups in total. The summed E-state index contributed by atoms with van der Waals surface area (Å²) in [7, 11) is -2.89. The van der Waals surface area contributed by atoms with Crippen LogP contribution < -0.4 is 10.5 Å². The predicted molar refractivity (Wildman–Crippen MR) is 120 cm³/mol. The minimum atomic E-state index is -1.48. The summed E-state index contributed by atoms with van der Waals surface area (Å²) in [5, 5.41) is 3.44. The van der Waals surface area contributed by atoms with Crippen molar-refractivity contribution in [1.82, 2.24) is 4.57 Å². The van der Waals surface area contributed by atoms with Crippen LogP contribution in [0.25, 0.3) is 5.69 Å². The standard InChI is InChI=1S/C22H37NSi2/c1-9-14-19-21(24(3,4)5)20(15-10-2)23(22(19)25(6,7)8)18-16-12-11-13-17-18/h11-13,16-17H,9-10,14-15H2,1-8H3. The summed E-state index contributed by atoms with van der Waals surface area (Å²) in [5.41, 5.74) is 4.70. The third-order valence-corrected chi connectivity index (χ3v) is 8.87. The van der Waals surface area contributed by atoms with Crippen LogP contribution in [0.5, 0.6) is 0 Å². The normalized spacial score (nSPS) is 12.6. The minimum Gasteiger partial charge on any atom is -0.322 e. The first-order valence-corrected chi connectivity index (χ1v) is 17.0. The Kier molecular flexibility index (Phi) is 6.21. The first kappa shape index (κ1) is 20.2. The number of benzene rings is 1. The maximum atomic E-state index is 2.69. The van der Waals surface area contributed by atoms with Crippen molar-refractivity contribution >= 4 is 26.7 Å². The second kappa shape index (κ2) is 7.67. The molecule has 0 radical (unpaired) electrons. The fourth-order valence-electron chi connectivity index (χ4n) is 4.18. The third kappa shape index (κ3) is 4.20. The Hall–Kier alpha value is -1.07. The van der Waals surface area contributed by atoms with Gasteiger partial charge in [-0.2, -0.15) is 0 Å². The van der Waals surface area contributed by atoms with E-state index in [1.165, 1.54) is 31.4 Å². The van der Waals surface area contributed by atoms with Gasteiger partial charge in [-0.3, -0.25) is 0 Å². The lowest BCUT2D eigenvalue weighted by atomic mass is 10.1. The number of para-hydroxylation sites is 1. The van der Waals surface area contributed by atoms with Crippen molar-refractivity contribution in [3.63, 3.8) is 0 Å². The molecule has 0 atom stereocenters. The van der Waals surface area contributed by atoms with Crippen LogP contribution in [0.3, 0.4) is 0 Å². The monoisotopic (exact) mass is 371 g/mol. The first-order valence-electron chi connectivity index (χ1n) is 9.95.